The number of phenolic OH excluding ortho intramolecular Hbond substituents is 1. The third-order valence-electron chi connectivity index (χ3n) is 3.81. The summed E-state index contributed by atoms with van der Waals surface area (Å²) in [6.07, 6.45) is 0. The zero-order valence-electron chi connectivity index (χ0n) is 14.9. The van der Waals surface area contributed by atoms with Crippen LogP contribution in [-0.2, 0) is 14.9 Å². The lowest BCUT2D eigenvalue weighted by atomic mass is 9.87. The summed E-state index contributed by atoms with van der Waals surface area (Å²) in [6, 6.07) is 12.0. The highest BCUT2D eigenvalue weighted by Gasteiger charge is 2.14. The van der Waals surface area contributed by atoms with Crippen LogP contribution >= 0.6 is 0 Å². The molecule has 2 rings (SSSR count). The molecule has 0 bridgehead atoms. The number of esters is 1. The van der Waals surface area contributed by atoms with Gasteiger partial charge < -0.3 is 15.2 Å². The highest BCUT2D eigenvalue weighted by molar-refractivity contribution is 5.95. The molecule has 2 aromatic rings. The fourth-order valence-electron chi connectivity index (χ4n) is 2.20. The van der Waals surface area contributed by atoms with Gasteiger partial charge in [-0.25, -0.2) is 4.79 Å². The number of anilines is 1. The SMILES string of the molecule is Cc1ccc(C(=O)OCC(=O)Nc2ccc(C(C)(C)C)cc2)cc1O. The molecule has 0 spiro atoms. The van der Waals surface area contributed by atoms with Gasteiger partial charge in [-0.2, -0.15) is 0 Å². The first-order valence-electron chi connectivity index (χ1n) is 8.04. The van der Waals surface area contributed by atoms with Gasteiger partial charge in [0.05, 0.1) is 5.56 Å². The molecule has 5 nitrogen and oxygen atoms in total. The number of ether oxygens (including phenoxy) is 1. The van der Waals surface area contributed by atoms with E-state index in [0.717, 1.165) is 5.56 Å². The maximum Gasteiger partial charge on any atom is 0.338 e. The number of nitrogens with one attached hydrogen (secondary N) is 1. The van der Waals surface area contributed by atoms with Crippen LogP contribution < -0.4 is 5.32 Å². The van der Waals surface area contributed by atoms with E-state index in [0.29, 0.717) is 11.3 Å². The first-order valence-corrected chi connectivity index (χ1v) is 8.04. The molecule has 0 aliphatic rings. The minimum Gasteiger partial charge on any atom is -0.508 e. The van der Waals surface area contributed by atoms with Crippen LogP contribution in [0.2, 0.25) is 0 Å². The fraction of sp³-hybridized carbons (Fsp3) is 0.300. The molecule has 5 heteroatoms. The van der Waals surface area contributed by atoms with Gasteiger partial charge >= 0.3 is 5.97 Å². The van der Waals surface area contributed by atoms with Crippen LogP contribution in [0, 0.1) is 6.92 Å². The van der Waals surface area contributed by atoms with Crippen LogP contribution in [0.5, 0.6) is 5.75 Å². The van der Waals surface area contributed by atoms with Gasteiger partial charge in [0, 0.05) is 5.69 Å². The van der Waals surface area contributed by atoms with E-state index in [9.17, 15) is 14.7 Å². The summed E-state index contributed by atoms with van der Waals surface area (Å²) < 4.78 is 4.97. The second-order valence-corrected chi connectivity index (χ2v) is 6.95. The molecular weight excluding hydrogens is 318 g/mol. The summed E-state index contributed by atoms with van der Waals surface area (Å²) in [5, 5.41) is 12.3. The number of carbonyl (C=O) groups is 2. The van der Waals surface area contributed by atoms with E-state index in [1.54, 1.807) is 19.1 Å². The quantitative estimate of drug-likeness (QED) is 0.830. The molecule has 0 heterocycles. The Labute approximate surface area is 147 Å². The average molecular weight is 341 g/mol. The van der Waals surface area contributed by atoms with Crippen molar-refractivity contribution >= 4 is 17.6 Å². The molecule has 0 saturated heterocycles. The van der Waals surface area contributed by atoms with E-state index < -0.39 is 18.5 Å². The van der Waals surface area contributed by atoms with Gasteiger partial charge in [0.25, 0.3) is 5.91 Å². The molecule has 0 atom stereocenters. The summed E-state index contributed by atoms with van der Waals surface area (Å²) >= 11 is 0. The molecule has 132 valence electrons. The lowest BCUT2D eigenvalue weighted by Gasteiger charge is -2.19. The second-order valence-electron chi connectivity index (χ2n) is 6.95. The molecule has 2 aromatic carbocycles. The van der Waals surface area contributed by atoms with Crippen LogP contribution in [0.1, 0.15) is 42.3 Å². The molecule has 2 N–H and O–H groups in total. The molecular formula is C20H23NO4. The van der Waals surface area contributed by atoms with E-state index in [1.165, 1.54) is 6.07 Å². The average Bonchev–Trinajstić information content (AvgIpc) is 2.55. The Kier molecular flexibility index (Phi) is 5.47. The van der Waals surface area contributed by atoms with Crippen molar-refractivity contribution in [1.29, 1.82) is 0 Å². The van der Waals surface area contributed by atoms with Crippen molar-refractivity contribution in [2.45, 2.75) is 33.1 Å². The minimum absolute atomic E-state index is 0.0119. The zero-order chi connectivity index (χ0) is 18.6. The van der Waals surface area contributed by atoms with Crippen molar-refractivity contribution in [1.82, 2.24) is 0 Å². The number of rotatable bonds is 4. The molecule has 0 unspecified atom stereocenters. The lowest BCUT2D eigenvalue weighted by Crippen LogP contribution is -2.21. The van der Waals surface area contributed by atoms with Gasteiger partial charge in [-0.3, -0.25) is 4.79 Å². The summed E-state index contributed by atoms with van der Waals surface area (Å²) in [6.45, 7) is 7.67. The Morgan fingerprint density at radius 2 is 1.72 bits per heavy atom. The normalized spacial score (nSPS) is 11.0. The molecule has 0 aromatic heterocycles. The second kappa shape index (κ2) is 7.38. The molecule has 25 heavy (non-hydrogen) atoms. The van der Waals surface area contributed by atoms with Crippen LogP contribution in [-0.4, -0.2) is 23.6 Å². The first kappa shape index (κ1) is 18.5. The van der Waals surface area contributed by atoms with Crippen molar-refractivity contribution in [3.05, 3.63) is 59.2 Å². The zero-order valence-corrected chi connectivity index (χ0v) is 14.9. The number of aromatic hydroxyl groups is 1. The molecule has 0 radical (unpaired) electrons. The summed E-state index contributed by atoms with van der Waals surface area (Å²) in [5.41, 5.74) is 2.70. The number of hydrogen-bond acceptors (Lipinski definition) is 4. The maximum atomic E-state index is 11.9. The van der Waals surface area contributed by atoms with Crippen molar-refractivity contribution in [2.24, 2.45) is 0 Å². The summed E-state index contributed by atoms with van der Waals surface area (Å²) in [7, 11) is 0. The van der Waals surface area contributed by atoms with E-state index in [2.05, 4.69) is 26.1 Å². The van der Waals surface area contributed by atoms with Gasteiger partial charge in [0.2, 0.25) is 0 Å². The molecule has 1 amide bonds. The van der Waals surface area contributed by atoms with E-state index in [4.69, 9.17) is 4.74 Å². The Hall–Kier alpha value is -2.82. The van der Waals surface area contributed by atoms with Gasteiger partial charge in [-0.1, -0.05) is 39.0 Å². The molecule has 0 aliphatic carbocycles. The highest BCUT2D eigenvalue weighted by Crippen LogP contribution is 2.23. The standard InChI is InChI=1S/C20H23NO4/c1-13-5-6-14(11-17(13)22)19(24)25-12-18(23)21-16-9-7-15(8-10-16)20(2,3)4/h5-11,22H,12H2,1-4H3,(H,21,23). The number of benzene rings is 2. The molecule has 0 fully saturated rings. The number of hydrogen-bond donors (Lipinski definition) is 2. The fourth-order valence-corrected chi connectivity index (χ4v) is 2.20. The largest absolute Gasteiger partial charge is 0.508 e. The van der Waals surface area contributed by atoms with Crippen LogP contribution in [0.3, 0.4) is 0 Å². The van der Waals surface area contributed by atoms with Crippen molar-refractivity contribution in [2.75, 3.05) is 11.9 Å². The van der Waals surface area contributed by atoms with Gasteiger partial charge in [0.15, 0.2) is 6.61 Å². The Bertz CT molecular complexity index is 773. The summed E-state index contributed by atoms with van der Waals surface area (Å²) in [5.74, 6) is -1.07. The van der Waals surface area contributed by atoms with Crippen LogP contribution in [0.15, 0.2) is 42.5 Å². The molecule has 0 aliphatic heterocycles. The van der Waals surface area contributed by atoms with Crippen molar-refractivity contribution < 1.29 is 19.4 Å². The number of phenols is 1. The number of carbonyl (C=O) groups excluding carboxylic acids is 2. The third kappa shape index (κ3) is 5.08. The van der Waals surface area contributed by atoms with E-state index >= 15 is 0 Å². The van der Waals surface area contributed by atoms with Gasteiger partial charge in [0.1, 0.15) is 5.75 Å². The third-order valence-corrected chi connectivity index (χ3v) is 3.81. The summed E-state index contributed by atoms with van der Waals surface area (Å²) in [4.78, 5) is 23.8. The van der Waals surface area contributed by atoms with E-state index in [1.807, 2.05) is 24.3 Å². The van der Waals surface area contributed by atoms with Gasteiger partial charge in [-0.15, -0.1) is 0 Å². The predicted molar refractivity (Wildman–Crippen MR) is 96.9 cm³/mol. The Balaban J connectivity index is 1.90. The number of amides is 1. The predicted octanol–water partition coefficient (Wildman–Crippen LogP) is 3.79. The van der Waals surface area contributed by atoms with Gasteiger partial charge in [-0.05, 0) is 47.7 Å². The van der Waals surface area contributed by atoms with Crippen LogP contribution in [0.25, 0.3) is 0 Å². The number of aryl methyl sites for hydroxylation is 1. The lowest BCUT2D eigenvalue weighted by molar-refractivity contribution is -0.119. The maximum absolute atomic E-state index is 11.9. The topological polar surface area (TPSA) is 75.6 Å². The minimum atomic E-state index is -0.659. The molecule has 0 saturated carbocycles. The monoisotopic (exact) mass is 341 g/mol. The van der Waals surface area contributed by atoms with Crippen molar-refractivity contribution in [3.8, 4) is 5.75 Å². The van der Waals surface area contributed by atoms with Crippen molar-refractivity contribution in [3.63, 3.8) is 0 Å². The Morgan fingerprint density at radius 1 is 1.08 bits per heavy atom. The smallest absolute Gasteiger partial charge is 0.338 e. The van der Waals surface area contributed by atoms with Crippen LogP contribution in [0.4, 0.5) is 5.69 Å². The first-order chi connectivity index (χ1) is 11.7. The highest BCUT2D eigenvalue weighted by atomic mass is 16.5. The Morgan fingerprint density at radius 3 is 2.28 bits per heavy atom. The van der Waals surface area contributed by atoms with E-state index in [-0.39, 0.29) is 16.7 Å².